The van der Waals surface area contributed by atoms with Crippen LogP contribution in [0.15, 0.2) is 51.9 Å². The fourth-order valence-corrected chi connectivity index (χ4v) is 3.80. The Morgan fingerprint density at radius 3 is 2.17 bits per heavy atom. The van der Waals surface area contributed by atoms with Gasteiger partial charge in [-0.05, 0) is 55.8 Å². The first-order valence-corrected chi connectivity index (χ1v) is 10.2. The van der Waals surface area contributed by atoms with Gasteiger partial charge in [0.2, 0.25) is 10.6 Å². The first-order valence-electron chi connectivity index (χ1n) is 9.35. The molecular formula is C22H25N3O4S. The third-order valence-electron chi connectivity index (χ3n) is 4.23. The monoisotopic (exact) mass is 427 g/mol. The molecule has 2 aromatic carbocycles. The number of benzene rings is 2. The molecule has 0 aliphatic carbocycles. The molecule has 1 aromatic heterocycles. The number of phenolic OH excluding ortho intramolecular Hbond substituents is 1. The molecule has 158 valence electrons. The van der Waals surface area contributed by atoms with E-state index < -0.39 is 0 Å². The van der Waals surface area contributed by atoms with E-state index in [1.165, 1.54) is 11.3 Å². The topological polar surface area (TPSA) is 77.6 Å². The highest BCUT2D eigenvalue weighted by Crippen LogP contribution is 2.41. The Hall–Kier alpha value is -3.26. The van der Waals surface area contributed by atoms with Gasteiger partial charge in [-0.15, -0.1) is 11.3 Å². The van der Waals surface area contributed by atoms with Crippen LogP contribution in [0.5, 0.6) is 23.0 Å². The van der Waals surface area contributed by atoms with Crippen molar-refractivity contribution in [2.75, 3.05) is 21.3 Å². The van der Waals surface area contributed by atoms with Crippen LogP contribution in [-0.4, -0.2) is 43.4 Å². The van der Waals surface area contributed by atoms with Crippen LogP contribution in [0.2, 0.25) is 0 Å². The molecular weight excluding hydrogens is 402 g/mol. The number of rotatable bonds is 7. The zero-order valence-corrected chi connectivity index (χ0v) is 18.4. The van der Waals surface area contributed by atoms with Gasteiger partial charge in [0.25, 0.3) is 0 Å². The standard InChI is InChI=1S/C22H25N3O4S/c1-14(2)24-22-25(23-12-15-6-8-17(26)9-7-15)18(13-30-22)16-10-19(27-3)21(29-5)20(11-16)28-4/h6-14,26H,1-5H3. The number of methoxy groups -OCH3 is 3. The van der Waals surface area contributed by atoms with E-state index in [-0.39, 0.29) is 11.8 Å². The Labute approximate surface area is 179 Å². The maximum Gasteiger partial charge on any atom is 0.206 e. The Balaban J connectivity index is 2.16. The van der Waals surface area contributed by atoms with Gasteiger partial charge >= 0.3 is 0 Å². The quantitative estimate of drug-likeness (QED) is 0.575. The Bertz CT molecular complexity index is 1070. The lowest BCUT2D eigenvalue weighted by molar-refractivity contribution is 0.324. The van der Waals surface area contributed by atoms with E-state index in [0.29, 0.717) is 17.2 Å². The predicted molar refractivity (Wildman–Crippen MR) is 119 cm³/mol. The maximum absolute atomic E-state index is 9.49. The molecule has 0 fully saturated rings. The first kappa shape index (κ1) is 21.4. The van der Waals surface area contributed by atoms with Crippen molar-refractivity contribution in [3.05, 3.63) is 52.1 Å². The molecule has 0 unspecified atom stereocenters. The number of hydrogen-bond donors (Lipinski definition) is 1. The summed E-state index contributed by atoms with van der Waals surface area (Å²) in [5.41, 5.74) is 2.56. The van der Waals surface area contributed by atoms with Crippen molar-refractivity contribution in [2.45, 2.75) is 19.9 Å². The third-order valence-corrected chi connectivity index (χ3v) is 5.06. The van der Waals surface area contributed by atoms with E-state index in [4.69, 9.17) is 19.2 Å². The Morgan fingerprint density at radius 1 is 1.00 bits per heavy atom. The summed E-state index contributed by atoms with van der Waals surface area (Å²) in [6.45, 7) is 4.04. The van der Waals surface area contributed by atoms with Gasteiger partial charge < -0.3 is 19.3 Å². The van der Waals surface area contributed by atoms with Gasteiger partial charge in [-0.1, -0.05) is 0 Å². The van der Waals surface area contributed by atoms with Gasteiger partial charge in [0.1, 0.15) is 5.75 Å². The highest BCUT2D eigenvalue weighted by molar-refractivity contribution is 7.07. The molecule has 0 radical (unpaired) electrons. The minimum Gasteiger partial charge on any atom is -0.508 e. The Kier molecular flexibility index (Phi) is 6.79. The summed E-state index contributed by atoms with van der Waals surface area (Å²) in [4.78, 5) is 5.46. The van der Waals surface area contributed by atoms with Gasteiger partial charge in [0.15, 0.2) is 11.5 Å². The van der Waals surface area contributed by atoms with Crippen molar-refractivity contribution in [1.82, 2.24) is 4.68 Å². The van der Waals surface area contributed by atoms with Crippen molar-refractivity contribution in [1.29, 1.82) is 0 Å². The summed E-state index contributed by atoms with van der Waals surface area (Å²) in [7, 11) is 4.75. The summed E-state index contributed by atoms with van der Waals surface area (Å²) < 4.78 is 18.2. The number of ether oxygens (including phenoxy) is 3. The van der Waals surface area contributed by atoms with Crippen LogP contribution >= 0.6 is 11.3 Å². The van der Waals surface area contributed by atoms with Gasteiger partial charge in [0.05, 0.1) is 33.2 Å². The van der Waals surface area contributed by atoms with E-state index in [1.54, 1.807) is 56.5 Å². The molecule has 8 heteroatoms. The van der Waals surface area contributed by atoms with Crippen LogP contribution in [0, 0.1) is 0 Å². The van der Waals surface area contributed by atoms with E-state index in [0.717, 1.165) is 21.6 Å². The second kappa shape index (κ2) is 9.49. The zero-order valence-electron chi connectivity index (χ0n) is 17.6. The van der Waals surface area contributed by atoms with Crippen LogP contribution in [0.3, 0.4) is 0 Å². The average molecular weight is 428 g/mol. The number of nitrogens with zero attached hydrogens (tertiary/aromatic N) is 3. The highest BCUT2D eigenvalue weighted by atomic mass is 32.1. The fourth-order valence-electron chi connectivity index (χ4n) is 2.83. The van der Waals surface area contributed by atoms with Gasteiger partial charge in [-0.2, -0.15) is 5.10 Å². The molecule has 30 heavy (non-hydrogen) atoms. The molecule has 0 aliphatic heterocycles. The van der Waals surface area contributed by atoms with Crippen molar-refractivity contribution in [2.24, 2.45) is 10.1 Å². The van der Waals surface area contributed by atoms with Crippen LogP contribution < -0.4 is 19.0 Å². The molecule has 3 aromatic rings. The summed E-state index contributed by atoms with van der Waals surface area (Å²) in [6.07, 6.45) is 1.73. The smallest absolute Gasteiger partial charge is 0.206 e. The van der Waals surface area contributed by atoms with Gasteiger partial charge in [0, 0.05) is 17.0 Å². The maximum atomic E-state index is 9.49. The SMILES string of the molecule is COc1cc(-c2csc(=NC(C)C)n2N=Cc2ccc(O)cc2)cc(OC)c1OC. The van der Waals surface area contributed by atoms with Crippen molar-refractivity contribution in [3.63, 3.8) is 0 Å². The van der Waals surface area contributed by atoms with Crippen LogP contribution in [0.25, 0.3) is 11.3 Å². The fraction of sp³-hybridized carbons (Fsp3) is 0.273. The van der Waals surface area contributed by atoms with Crippen LogP contribution in [0.4, 0.5) is 0 Å². The van der Waals surface area contributed by atoms with Gasteiger partial charge in [-0.3, -0.25) is 4.99 Å². The summed E-state index contributed by atoms with van der Waals surface area (Å²) in [6, 6.07) is 10.7. The second-order valence-electron chi connectivity index (χ2n) is 6.69. The predicted octanol–water partition coefficient (Wildman–Crippen LogP) is 4.14. The van der Waals surface area contributed by atoms with Crippen LogP contribution in [-0.2, 0) is 0 Å². The van der Waals surface area contributed by atoms with E-state index in [9.17, 15) is 5.11 Å². The van der Waals surface area contributed by atoms with Crippen LogP contribution in [0.1, 0.15) is 19.4 Å². The molecule has 0 aliphatic rings. The third kappa shape index (κ3) is 4.65. The zero-order chi connectivity index (χ0) is 21.7. The first-order chi connectivity index (χ1) is 14.5. The molecule has 0 atom stereocenters. The van der Waals surface area contributed by atoms with Crippen molar-refractivity contribution >= 4 is 17.6 Å². The molecule has 1 heterocycles. The Morgan fingerprint density at radius 2 is 1.63 bits per heavy atom. The summed E-state index contributed by atoms with van der Waals surface area (Å²) in [5, 5.41) is 16.1. The minimum atomic E-state index is 0.117. The van der Waals surface area contributed by atoms with Gasteiger partial charge in [-0.25, -0.2) is 4.68 Å². The van der Waals surface area contributed by atoms with Crippen molar-refractivity contribution < 1.29 is 19.3 Å². The number of aromatic nitrogens is 1. The van der Waals surface area contributed by atoms with E-state index >= 15 is 0 Å². The lowest BCUT2D eigenvalue weighted by atomic mass is 10.1. The molecule has 3 rings (SSSR count). The molecule has 1 N–H and O–H groups in total. The molecule has 0 saturated carbocycles. The number of aromatic hydroxyl groups is 1. The number of hydrogen-bond acceptors (Lipinski definition) is 7. The summed E-state index contributed by atoms with van der Waals surface area (Å²) in [5.74, 6) is 1.87. The van der Waals surface area contributed by atoms with E-state index in [1.807, 2.05) is 31.4 Å². The highest BCUT2D eigenvalue weighted by Gasteiger charge is 2.17. The van der Waals surface area contributed by atoms with Crippen molar-refractivity contribution in [3.8, 4) is 34.3 Å². The molecule has 0 bridgehead atoms. The minimum absolute atomic E-state index is 0.117. The summed E-state index contributed by atoms with van der Waals surface area (Å²) >= 11 is 1.50. The number of thiazole rings is 1. The molecule has 7 nitrogen and oxygen atoms in total. The number of phenols is 1. The molecule has 0 amide bonds. The second-order valence-corrected chi connectivity index (χ2v) is 7.52. The average Bonchev–Trinajstić information content (AvgIpc) is 3.13. The normalized spacial score (nSPS) is 12.0. The van der Waals surface area contributed by atoms with E-state index in [2.05, 4.69) is 5.10 Å². The lowest BCUT2D eigenvalue weighted by Gasteiger charge is -2.14. The lowest BCUT2D eigenvalue weighted by Crippen LogP contribution is -2.14. The molecule has 0 spiro atoms. The molecule has 0 saturated heterocycles. The largest absolute Gasteiger partial charge is 0.508 e.